The Morgan fingerprint density at radius 2 is 1.72 bits per heavy atom. The highest BCUT2D eigenvalue weighted by atomic mass is 16.5. The molecular weight excluding hydrogens is 368 g/mol. The molecule has 1 atom stereocenters. The number of anilines is 1. The molecule has 0 heterocycles. The van der Waals surface area contributed by atoms with Gasteiger partial charge in [-0.15, -0.1) is 0 Å². The molecule has 0 radical (unpaired) electrons. The first kappa shape index (κ1) is 20.5. The van der Waals surface area contributed by atoms with Gasteiger partial charge in [-0.2, -0.15) is 0 Å². The van der Waals surface area contributed by atoms with E-state index < -0.39 is 0 Å². The minimum absolute atomic E-state index is 0.0828. The van der Waals surface area contributed by atoms with Crippen LogP contribution in [0.5, 0.6) is 11.5 Å². The number of ether oxygens (including phenoxy) is 2. The van der Waals surface area contributed by atoms with Gasteiger partial charge in [0.25, 0.3) is 0 Å². The summed E-state index contributed by atoms with van der Waals surface area (Å²) >= 11 is 0. The molecule has 2 aromatic carbocycles. The Kier molecular flexibility index (Phi) is 6.54. The Morgan fingerprint density at radius 1 is 1.03 bits per heavy atom. The summed E-state index contributed by atoms with van der Waals surface area (Å²) in [6, 6.07) is 12.8. The Morgan fingerprint density at radius 3 is 2.34 bits per heavy atom. The normalized spacial score (nSPS) is 14.3. The van der Waals surface area contributed by atoms with Gasteiger partial charge in [-0.3, -0.25) is 9.59 Å². The van der Waals surface area contributed by atoms with Gasteiger partial charge in [0.05, 0.1) is 20.3 Å². The lowest BCUT2D eigenvalue weighted by Crippen LogP contribution is -2.24. The Balaban J connectivity index is 1.55. The van der Waals surface area contributed by atoms with Crippen LogP contribution in [0.25, 0.3) is 6.08 Å². The summed E-state index contributed by atoms with van der Waals surface area (Å²) in [5.41, 5.74) is 2.57. The summed E-state index contributed by atoms with van der Waals surface area (Å²) in [5, 5.41) is 5.85. The fourth-order valence-electron chi connectivity index (χ4n) is 2.92. The number of methoxy groups -OCH3 is 2. The van der Waals surface area contributed by atoms with Crippen LogP contribution < -0.4 is 20.1 Å². The molecule has 0 aromatic heterocycles. The third-order valence-electron chi connectivity index (χ3n) is 4.82. The van der Waals surface area contributed by atoms with Gasteiger partial charge in [-0.1, -0.05) is 18.2 Å². The molecule has 2 amide bonds. The summed E-state index contributed by atoms with van der Waals surface area (Å²) in [6.45, 7) is 1.92. The first-order chi connectivity index (χ1) is 14.0. The molecule has 2 N–H and O–H groups in total. The van der Waals surface area contributed by atoms with E-state index in [1.807, 2.05) is 37.3 Å². The molecule has 29 heavy (non-hydrogen) atoms. The van der Waals surface area contributed by atoms with Crippen molar-refractivity contribution in [2.75, 3.05) is 19.5 Å². The number of carbonyl (C=O) groups excluding carboxylic acids is 2. The predicted octanol–water partition coefficient (Wildman–Crippen LogP) is 3.94. The van der Waals surface area contributed by atoms with Gasteiger partial charge >= 0.3 is 0 Å². The van der Waals surface area contributed by atoms with Gasteiger partial charge in [0.2, 0.25) is 11.8 Å². The molecule has 3 rings (SSSR count). The third kappa shape index (κ3) is 5.60. The van der Waals surface area contributed by atoms with Gasteiger partial charge in [0.15, 0.2) is 11.5 Å². The second-order valence-electron chi connectivity index (χ2n) is 7.06. The number of amides is 2. The average molecular weight is 394 g/mol. The van der Waals surface area contributed by atoms with E-state index in [1.165, 1.54) is 6.08 Å². The number of hydrogen-bond donors (Lipinski definition) is 2. The van der Waals surface area contributed by atoms with Crippen LogP contribution in [0.2, 0.25) is 0 Å². The molecule has 1 fully saturated rings. The van der Waals surface area contributed by atoms with E-state index in [4.69, 9.17) is 9.47 Å². The van der Waals surface area contributed by atoms with Crippen molar-refractivity contribution >= 4 is 23.6 Å². The monoisotopic (exact) mass is 394 g/mol. The van der Waals surface area contributed by atoms with Crippen LogP contribution in [0.1, 0.15) is 36.9 Å². The van der Waals surface area contributed by atoms with Crippen molar-refractivity contribution in [3.63, 3.8) is 0 Å². The SMILES string of the molecule is COc1ccc(/C=C/C(=O)NC(C)c2ccc(NC(=O)C3CC3)cc2)cc1OC. The molecule has 6 heteroatoms. The van der Waals surface area contributed by atoms with Crippen LogP contribution in [0, 0.1) is 5.92 Å². The molecule has 0 saturated heterocycles. The lowest BCUT2D eigenvalue weighted by molar-refractivity contribution is -0.118. The zero-order chi connectivity index (χ0) is 20.8. The minimum Gasteiger partial charge on any atom is -0.493 e. The summed E-state index contributed by atoms with van der Waals surface area (Å²) in [6.07, 6.45) is 5.16. The predicted molar refractivity (Wildman–Crippen MR) is 113 cm³/mol. The van der Waals surface area contributed by atoms with Crippen LogP contribution in [0.4, 0.5) is 5.69 Å². The molecule has 0 bridgehead atoms. The Hall–Kier alpha value is -3.28. The van der Waals surface area contributed by atoms with E-state index in [9.17, 15) is 9.59 Å². The van der Waals surface area contributed by atoms with Gasteiger partial charge in [-0.25, -0.2) is 0 Å². The average Bonchev–Trinajstić information content (AvgIpc) is 3.58. The largest absolute Gasteiger partial charge is 0.493 e. The number of rotatable bonds is 8. The molecule has 0 spiro atoms. The lowest BCUT2D eigenvalue weighted by Gasteiger charge is -2.14. The molecule has 152 valence electrons. The molecule has 1 aliphatic rings. The molecule has 1 saturated carbocycles. The summed E-state index contributed by atoms with van der Waals surface area (Å²) in [7, 11) is 3.15. The Labute approximate surface area is 170 Å². The second-order valence-corrected chi connectivity index (χ2v) is 7.06. The van der Waals surface area contributed by atoms with Crippen LogP contribution in [-0.4, -0.2) is 26.0 Å². The zero-order valence-corrected chi connectivity index (χ0v) is 16.9. The fraction of sp³-hybridized carbons (Fsp3) is 0.304. The second kappa shape index (κ2) is 9.28. The van der Waals surface area contributed by atoms with Crippen molar-refractivity contribution in [2.24, 2.45) is 5.92 Å². The topological polar surface area (TPSA) is 76.7 Å². The van der Waals surface area contributed by atoms with E-state index in [2.05, 4.69) is 10.6 Å². The maximum Gasteiger partial charge on any atom is 0.244 e. The van der Waals surface area contributed by atoms with Gasteiger partial charge in [0.1, 0.15) is 0 Å². The number of carbonyl (C=O) groups is 2. The van der Waals surface area contributed by atoms with E-state index in [0.29, 0.717) is 11.5 Å². The highest BCUT2D eigenvalue weighted by molar-refractivity contribution is 5.94. The van der Waals surface area contributed by atoms with Crippen molar-refractivity contribution in [3.05, 3.63) is 59.7 Å². The summed E-state index contributed by atoms with van der Waals surface area (Å²) in [4.78, 5) is 24.1. The highest BCUT2D eigenvalue weighted by Gasteiger charge is 2.29. The highest BCUT2D eigenvalue weighted by Crippen LogP contribution is 2.30. The summed E-state index contributed by atoms with van der Waals surface area (Å²) in [5.74, 6) is 1.31. The smallest absolute Gasteiger partial charge is 0.244 e. The molecule has 1 aliphatic carbocycles. The van der Waals surface area contributed by atoms with E-state index in [0.717, 1.165) is 29.7 Å². The maximum absolute atomic E-state index is 12.3. The minimum atomic E-state index is -0.196. The number of benzene rings is 2. The fourth-order valence-corrected chi connectivity index (χ4v) is 2.92. The first-order valence-electron chi connectivity index (χ1n) is 9.61. The molecule has 2 aromatic rings. The van der Waals surface area contributed by atoms with Crippen molar-refractivity contribution in [1.29, 1.82) is 0 Å². The molecule has 6 nitrogen and oxygen atoms in total. The van der Waals surface area contributed by atoms with E-state index in [-0.39, 0.29) is 23.8 Å². The van der Waals surface area contributed by atoms with Crippen LogP contribution in [-0.2, 0) is 9.59 Å². The van der Waals surface area contributed by atoms with E-state index in [1.54, 1.807) is 32.4 Å². The molecule has 0 aliphatic heterocycles. The number of nitrogens with one attached hydrogen (secondary N) is 2. The molecule has 1 unspecified atom stereocenters. The van der Waals surface area contributed by atoms with Gasteiger partial charge in [-0.05, 0) is 61.2 Å². The standard InChI is InChI=1S/C23H26N2O4/c1-15(17-8-10-19(11-9-17)25-23(27)18-6-7-18)24-22(26)13-5-16-4-12-20(28-2)21(14-16)29-3/h4-5,8-15,18H,6-7H2,1-3H3,(H,24,26)(H,25,27)/b13-5+. The zero-order valence-electron chi connectivity index (χ0n) is 16.9. The summed E-state index contributed by atoms with van der Waals surface area (Å²) < 4.78 is 10.5. The van der Waals surface area contributed by atoms with Crippen LogP contribution in [0.15, 0.2) is 48.5 Å². The van der Waals surface area contributed by atoms with Crippen LogP contribution in [0.3, 0.4) is 0 Å². The Bertz CT molecular complexity index is 902. The van der Waals surface area contributed by atoms with Gasteiger partial charge < -0.3 is 20.1 Å². The van der Waals surface area contributed by atoms with Crippen molar-refractivity contribution < 1.29 is 19.1 Å². The number of hydrogen-bond acceptors (Lipinski definition) is 4. The quantitative estimate of drug-likeness (QED) is 0.665. The first-order valence-corrected chi connectivity index (χ1v) is 9.61. The molecular formula is C23H26N2O4. The van der Waals surface area contributed by atoms with Crippen molar-refractivity contribution in [1.82, 2.24) is 5.32 Å². The maximum atomic E-state index is 12.3. The van der Waals surface area contributed by atoms with Crippen molar-refractivity contribution in [3.8, 4) is 11.5 Å². The van der Waals surface area contributed by atoms with E-state index >= 15 is 0 Å². The van der Waals surface area contributed by atoms with Crippen molar-refractivity contribution in [2.45, 2.75) is 25.8 Å². The third-order valence-corrected chi connectivity index (χ3v) is 4.82. The lowest BCUT2D eigenvalue weighted by atomic mass is 10.1. The van der Waals surface area contributed by atoms with Crippen LogP contribution >= 0.6 is 0 Å². The van der Waals surface area contributed by atoms with Gasteiger partial charge in [0, 0.05) is 17.7 Å².